The predicted octanol–water partition coefficient (Wildman–Crippen LogP) is 2.54. The zero-order chi connectivity index (χ0) is 15.6. The van der Waals surface area contributed by atoms with E-state index in [0.29, 0.717) is 6.42 Å². The zero-order valence-corrected chi connectivity index (χ0v) is 10.5. The Hall–Kier alpha value is -1.29. The molecule has 0 saturated heterocycles. The molecule has 1 unspecified atom stereocenters. The lowest BCUT2D eigenvalue weighted by Crippen LogP contribution is -2.48. The molecule has 0 aliphatic heterocycles. The molecule has 0 spiro atoms. The Labute approximate surface area is 110 Å². The van der Waals surface area contributed by atoms with Gasteiger partial charge in [-0.2, -0.15) is 26.3 Å². The monoisotopic (exact) mass is 304 g/mol. The highest BCUT2D eigenvalue weighted by Gasteiger charge is 2.61. The van der Waals surface area contributed by atoms with Crippen molar-refractivity contribution in [3.63, 3.8) is 0 Å². The van der Waals surface area contributed by atoms with E-state index in [1.165, 1.54) is 10.8 Å². The van der Waals surface area contributed by atoms with Crippen LogP contribution in [0.2, 0.25) is 0 Å². The van der Waals surface area contributed by atoms with Gasteiger partial charge in [-0.25, -0.2) is 10.4 Å². The topological polar surface area (TPSA) is 55.9 Å². The number of aromatic nitrogens is 2. The molecule has 1 rings (SSSR count). The van der Waals surface area contributed by atoms with E-state index >= 15 is 0 Å². The molecule has 0 fully saturated rings. The average molecular weight is 304 g/mol. The van der Waals surface area contributed by atoms with Gasteiger partial charge < -0.3 is 4.57 Å². The fourth-order valence-electron chi connectivity index (χ4n) is 1.91. The van der Waals surface area contributed by atoms with Crippen molar-refractivity contribution in [2.75, 3.05) is 0 Å². The van der Waals surface area contributed by atoms with Crippen LogP contribution in [-0.4, -0.2) is 21.9 Å². The second kappa shape index (κ2) is 6.00. The first-order valence-corrected chi connectivity index (χ1v) is 5.73. The fourth-order valence-corrected chi connectivity index (χ4v) is 1.91. The summed E-state index contributed by atoms with van der Waals surface area (Å²) in [5.74, 6) is 0.899. The SMILES string of the molecule is CCCn1ccnc1C(NN)C(C(F)(F)F)C(F)(F)F. The molecule has 0 aromatic carbocycles. The molecular weight excluding hydrogens is 290 g/mol. The van der Waals surface area contributed by atoms with E-state index < -0.39 is 30.1 Å². The van der Waals surface area contributed by atoms with Crippen LogP contribution >= 0.6 is 0 Å². The second-order valence-corrected chi connectivity index (χ2v) is 4.18. The average Bonchev–Trinajstić information content (AvgIpc) is 2.70. The lowest BCUT2D eigenvalue weighted by molar-refractivity contribution is -0.293. The molecule has 20 heavy (non-hydrogen) atoms. The Morgan fingerprint density at radius 1 is 1.25 bits per heavy atom. The van der Waals surface area contributed by atoms with Crippen molar-refractivity contribution < 1.29 is 26.3 Å². The molecule has 116 valence electrons. The Morgan fingerprint density at radius 2 is 1.80 bits per heavy atom. The van der Waals surface area contributed by atoms with Gasteiger partial charge >= 0.3 is 12.4 Å². The Bertz CT molecular complexity index is 410. The van der Waals surface area contributed by atoms with Crippen LogP contribution in [-0.2, 0) is 6.54 Å². The van der Waals surface area contributed by atoms with Crippen molar-refractivity contribution in [2.45, 2.75) is 38.3 Å². The summed E-state index contributed by atoms with van der Waals surface area (Å²) in [6, 6.07) is -2.20. The van der Waals surface area contributed by atoms with Crippen molar-refractivity contribution in [2.24, 2.45) is 11.8 Å². The molecule has 0 aliphatic rings. The van der Waals surface area contributed by atoms with Crippen molar-refractivity contribution in [3.8, 4) is 0 Å². The summed E-state index contributed by atoms with van der Waals surface area (Å²) in [7, 11) is 0. The van der Waals surface area contributed by atoms with Crippen LogP contribution in [0, 0.1) is 5.92 Å². The number of alkyl halides is 6. The largest absolute Gasteiger partial charge is 0.402 e. The van der Waals surface area contributed by atoms with Gasteiger partial charge in [0, 0.05) is 18.9 Å². The van der Waals surface area contributed by atoms with Gasteiger partial charge in [0.2, 0.25) is 0 Å². The van der Waals surface area contributed by atoms with Gasteiger partial charge in [0.1, 0.15) is 5.82 Å². The van der Waals surface area contributed by atoms with Crippen molar-refractivity contribution in [3.05, 3.63) is 18.2 Å². The van der Waals surface area contributed by atoms with Gasteiger partial charge in [0.05, 0.1) is 6.04 Å². The van der Waals surface area contributed by atoms with Gasteiger partial charge in [0.15, 0.2) is 5.92 Å². The van der Waals surface area contributed by atoms with E-state index in [9.17, 15) is 26.3 Å². The standard InChI is InChI=1S/C10H14F6N4/c1-2-4-20-5-3-18-8(20)6(19-17)7(9(11,12)13)10(14,15)16/h3,5-7,19H,2,4,17H2,1H3. The van der Waals surface area contributed by atoms with Crippen LogP contribution in [0.3, 0.4) is 0 Å². The molecule has 10 heteroatoms. The minimum Gasteiger partial charge on any atom is -0.334 e. The minimum atomic E-state index is -5.49. The number of aryl methyl sites for hydroxylation is 1. The highest BCUT2D eigenvalue weighted by atomic mass is 19.4. The van der Waals surface area contributed by atoms with Crippen LogP contribution in [0.25, 0.3) is 0 Å². The third kappa shape index (κ3) is 3.63. The Morgan fingerprint density at radius 3 is 2.20 bits per heavy atom. The molecule has 4 nitrogen and oxygen atoms in total. The summed E-state index contributed by atoms with van der Waals surface area (Å²) in [6.07, 6.45) is -7.99. The number of imidazole rings is 1. The molecule has 0 saturated carbocycles. The first-order chi connectivity index (χ1) is 9.12. The minimum absolute atomic E-state index is 0.246. The van der Waals surface area contributed by atoms with Crippen LogP contribution < -0.4 is 11.3 Å². The van der Waals surface area contributed by atoms with Crippen LogP contribution in [0.15, 0.2) is 12.4 Å². The normalized spacial score (nSPS) is 14.8. The molecule has 0 aliphatic carbocycles. The molecule has 1 aromatic heterocycles. The molecule has 0 amide bonds. The van der Waals surface area contributed by atoms with Crippen LogP contribution in [0.4, 0.5) is 26.3 Å². The first kappa shape index (κ1) is 16.8. The molecule has 1 aromatic rings. The van der Waals surface area contributed by atoms with E-state index in [2.05, 4.69) is 4.98 Å². The second-order valence-electron chi connectivity index (χ2n) is 4.18. The van der Waals surface area contributed by atoms with Crippen LogP contribution in [0.1, 0.15) is 25.2 Å². The van der Waals surface area contributed by atoms with E-state index in [-0.39, 0.29) is 6.54 Å². The fraction of sp³-hybridized carbons (Fsp3) is 0.700. The molecule has 0 bridgehead atoms. The smallest absolute Gasteiger partial charge is 0.334 e. The number of hydrogen-bond acceptors (Lipinski definition) is 3. The number of hydrazine groups is 1. The van der Waals surface area contributed by atoms with E-state index in [4.69, 9.17) is 5.84 Å². The molecule has 1 heterocycles. The number of nitrogens with zero attached hydrogens (tertiary/aromatic N) is 2. The maximum atomic E-state index is 12.7. The van der Waals surface area contributed by atoms with Crippen LogP contribution in [0.5, 0.6) is 0 Å². The van der Waals surface area contributed by atoms with Gasteiger partial charge in [-0.05, 0) is 6.42 Å². The van der Waals surface area contributed by atoms with Gasteiger partial charge in [-0.1, -0.05) is 6.92 Å². The lowest BCUT2D eigenvalue weighted by atomic mass is 9.98. The summed E-state index contributed by atoms with van der Waals surface area (Å²) in [6.45, 7) is 1.98. The molecular formula is C10H14F6N4. The molecule has 3 N–H and O–H groups in total. The number of nitrogens with one attached hydrogen (secondary N) is 1. The van der Waals surface area contributed by atoms with E-state index in [1.54, 1.807) is 12.3 Å². The molecule has 1 atom stereocenters. The quantitative estimate of drug-likeness (QED) is 0.499. The Kier molecular flexibility index (Phi) is 5.03. The summed E-state index contributed by atoms with van der Waals surface area (Å²) >= 11 is 0. The number of nitrogens with two attached hydrogens (primary N) is 1. The summed E-state index contributed by atoms with van der Waals surface area (Å²) in [5, 5.41) is 0. The zero-order valence-electron chi connectivity index (χ0n) is 10.5. The summed E-state index contributed by atoms with van der Waals surface area (Å²) in [4.78, 5) is 3.57. The number of hydrogen-bond donors (Lipinski definition) is 2. The van der Waals surface area contributed by atoms with E-state index in [1.807, 2.05) is 0 Å². The highest BCUT2D eigenvalue weighted by molar-refractivity contribution is 5.04. The lowest BCUT2D eigenvalue weighted by Gasteiger charge is -2.30. The van der Waals surface area contributed by atoms with Crippen molar-refractivity contribution in [1.29, 1.82) is 0 Å². The third-order valence-corrected chi connectivity index (χ3v) is 2.71. The maximum Gasteiger partial charge on any atom is 0.402 e. The van der Waals surface area contributed by atoms with Gasteiger partial charge in [-0.3, -0.25) is 5.84 Å². The van der Waals surface area contributed by atoms with Gasteiger partial charge in [-0.15, -0.1) is 0 Å². The number of rotatable bonds is 5. The summed E-state index contributed by atoms with van der Waals surface area (Å²) in [5.41, 5.74) is 1.59. The molecule has 0 radical (unpaired) electrons. The van der Waals surface area contributed by atoms with Crippen molar-refractivity contribution >= 4 is 0 Å². The highest BCUT2D eigenvalue weighted by Crippen LogP contribution is 2.45. The third-order valence-electron chi connectivity index (χ3n) is 2.71. The predicted molar refractivity (Wildman–Crippen MR) is 58.2 cm³/mol. The first-order valence-electron chi connectivity index (χ1n) is 5.73. The van der Waals surface area contributed by atoms with Crippen molar-refractivity contribution in [1.82, 2.24) is 15.0 Å². The van der Waals surface area contributed by atoms with E-state index in [0.717, 1.165) is 6.20 Å². The summed E-state index contributed by atoms with van der Waals surface area (Å²) < 4.78 is 77.5. The Balaban J connectivity index is 3.24. The maximum absolute atomic E-state index is 12.7. The number of halogens is 6. The van der Waals surface area contributed by atoms with Gasteiger partial charge in [0.25, 0.3) is 0 Å².